The molecule has 3 aromatic heterocycles. The van der Waals surface area contributed by atoms with Crippen LogP contribution in [-0.2, 0) is 6.54 Å². The highest BCUT2D eigenvalue weighted by Crippen LogP contribution is 2.24. The molecule has 9 heteroatoms. The van der Waals surface area contributed by atoms with E-state index in [1.807, 2.05) is 23.2 Å². The topological polar surface area (TPSA) is 70.9 Å². The van der Waals surface area contributed by atoms with Crippen LogP contribution in [0.2, 0.25) is 0 Å². The van der Waals surface area contributed by atoms with E-state index in [4.69, 9.17) is 4.98 Å². The minimum Gasteiger partial charge on any atom is -0.360 e. The molecule has 0 bridgehead atoms. The maximum atomic E-state index is 4.88. The molecule has 0 saturated carbocycles. The second-order valence-corrected chi connectivity index (χ2v) is 9.13. The smallest absolute Gasteiger partial charge is 0.204 e. The van der Waals surface area contributed by atoms with Crippen LogP contribution in [0.15, 0.2) is 46.7 Å². The summed E-state index contributed by atoms with van der Waals surface area (Å²) in [5, 5.41) is 12.2. The maximum Gasteiger partial charge on any atom is 0.204 e. The zero-order chi connectivity index (χ0) is 20.2. The summed E-state index contributed by atoms with van der Waals surface area (Å²) < 4.78 is 2.26. The van der Waals surface area contributed by atoms with Crippen LogP contribution < -0.4 is 10.6 Å². The fourth-order valence-corrected chi connectivity index (χ4v) is 5.05. The van der Waals surface area contributed by atoms with Crippen molar-refractivity contribution in [3.63, 3.8) is 0 Å². The maximum absolute atomic E-state index is 4.88. The largest absolute Gasteiger partial charge is 0.360 e. The summed E-state index contributed by atoms with van der Waals surface area (Å²) in [5.41, 5.74) is 5.15. The Kier molecular flexibility index (Phi) is 5.91. The Morgan fingerprint density at radius 3 is 2.83 bits per heavy atom. The van der Waals surface area contributed by atoms with Crippen LogP contribution in [-0.4, -0.2) is 56.6 Å². The van der Waals surface area contributed by atoms with Crippen LogP contribution >= 0.6 is 22.7 Å². The Labute approximate surface area is 183 Å². The third-order valence-electron chi connectivity index (χ3n) is 5.52. The molecule has 0 atom stereocenters. The standard InChI is InChI=1S/C21H25N7S2/c1-2-4-19-18(3-1)26-20(28(19)13-17-14-29-15-24-17)25-16-5-9-27(10-6-16)11-7-22-21-23-8-12-30-21/h1-4,8,12,14-16H,5-7,9-11,13H2,(H,22,23)(H,25,26). The van der Waals surface area contributed by atoms with E-state index in [2.05, 4.69) is 53.6 Å². The SMILES string of the molecule is c1ccc2c(c1)nc(NC1CCN(CCNc3nccs3)CC1)n2Cc1cscn1. The lowest BCUT2D eigenvalue weighted by atomic mass is 10.1. The minimum absolute atomic E-state index is 0.444. The van der Waals surface area contributed by atoms with Crippen molar-refractivity contribution < 1.29 is 0 Å². The van der Waals surface area contributed by atoms with Gasteiger partial charge in [0.15, 0.2) is 5.13 Å². The van der Waals surface area contributed by atoms with Gasteiger partial charge in [-0.25, -0.2) is 15.0 Å². The van der Waals surface area contributed by atoms with Crippen molar-refractivity contribution in [3.05, 3.63) is 52.4 Å². The normalized spacial score (nSPS) is 15.6. The molecule has 1 saturated heterocycles. The summed E-state index contributed by atoms with van der Waals surface area (Å²) in [6, 6.07) is 8.78. The van der Waals surface area contributed by atoms with Gasteiger partial charge < -0.3 is 20.1 Å². The molecule has 0 radical (unpaired) electrons. The summed E-state index contributed by atoms with van der Waals surface area (Å²) in [4.78, 5) is 16.2. The Hall–Kier alpha value is -2.49. The second-order valence-electron chi connectivity index (χ2n) is 7.51. The fourth-order valence-electron chi connectivity index (χ4n) is 3.94. The zero-order valence-electron chi connectivity index (χ0n) is 16.7. The van der Waals surface area contributed by atoms with Crippen LogP contribution in [0.5, 0.6) is 0 Å². The number of aromatic nitrogens is 4. The van der Waals surface area contributed by atoms with E-state index in [1.54, 1.807) is 22.7 Å². The summed E-state index contributed by atoms with van der Waals surface area (Å²) >= 11 is 3.29. The van der Waals surface area contributed by atoms with Crippen LogP contribution in [0.3, 0.4) is 0 Å². The van der Waals surface area contributed by atoms with Gasteiger partial charge in [0.1, 0.15) is 0 Å². The molecule has 1 aromatic carbocycles. The highest BCUT2D eigenvalue weighted by atomic mass is 32.1. The number of nitrogens with zero attached hydrogens (tertiary/aromatic N) is 5. The first-order valence-electron chi connectivity index (χ1n) is 10.3. The van der Waals surface area contributed by atoms with Crippen molar-refractivity contribution in [2.45, 2.75) is 25.4 Å². The minimum atomic E-state index is 0.444. The summed E-state index contributed by atoms with van der Waals surface area (Å²) in [6.07, 6.45) is 4.08. The van der Waals surface area contributed by atoms with Gasteiger partial charge in [0, 0.05) is 49.2 Å². The van der Waals surface area contributed by atoms with Gasteiger partial charge in [-0.3, -0.25) is 0 Å². The number of thiazole rings is 2. The Morgan fingerprint density at radius 1 is 1.13 bits per heavy atom. The number of benzene rings is 1. The van der Waals surface area contributed by atoms with E-state index < -0.39 is 0 Å². The molecule has 4 heterocycles. The molecule has 1 aliphatic rings. The molecule has 2 N–H and O–H groups in total. The molecule has 7 nitrogen and oxygen atoms in total. The molecule has 0 spiro atoms. The molecular formula is C21H25N7S2. The summed E-state index contributed by atoms with van der Waals surface area (Å²) in [5.74, 6) is 0.952. The molecule has 5 rings (SSSR count). The lowest BCUT2D eigenvalue weighted by Gasteiger charge is -2.32. The van der Waals surface area contributed by atoms with Crippen molar-refractivity contribution in [3.8, 4) is 0 Å². The van der Waals surface area contributed by atoms with Gasteiger partial charge >= 0.3 is 0 Å². The number of fused-ring (bicyclic) bond motifs is 1. The number of hydrogen-bond acceptors (Lipinski definition) is 8. The molecule has 0 aliphatic carbocycles. The van der Waals surface area contributed by atoms with Crippen molar-refractivity contribution in [2.75, 3.05) is 36.8 Å². The van der Waals surface area contributed by atoms with Gasteiger partial charge in [-0.1, -0.05) is 12.1 Å². The third-order valence-corrected chi connectivity index (χ3v) is 6.88. The number of likely N-dealkylation sites (tertiary alicyclic amines) is 1. The molecule has 0 unspecified atom stereocenters. The molecular weight excluding hydrogens is 414 g/mol. The number of piperidine rings is 1. The summed E-state index contributed by atoms with van der Waals surface area (Å²) in [6.45, 7) is 4.93. The van der Waals surface area contributed by atoms with Crippen LogP contribution in [0.4, 0.5) is 11.1 Å². The van der Waals surface area contributed by atoms with Gasteiger partial charge in [0.2, 0.25) is 5.95 Å². The highest BCUT2D eigenvalue weighted by Gasteiger charge is 2.21. The van der Waals surface area contributed by atoms with Gasteiger partial charge in [-0.15, -0.1) is 22.7 Å². The predicted octanol–water partition coefficient (Wildman–Crippen LogP) is 3.99. The summed E-state index contributed by atoms with van der Waals surface area (Å²) in [7, 11) is 0. The van der Waals surface area contributed by atoms with Crippen molar-refractivity contribution in [1.29, 1.82) is 0 Å². The van der Waals surface area contributed by atoms with Crippen LogP contribution in [0, 0.1) is 0 Å². The number of imidazole rings is 1. The lowest BCUT2D eigenvalue weighted by Crippen LogP contribution is -2.41. The fraction of sp³-hybridized carbons (Fsp3) is 0.381. The van der Waals surface area contributed by atoms with Crippen LogP contribution in [0.25, 0.3) is 11.0 Å². The van der Waals surface area contributed by atoms with Gasteiger partial charge in [-0.05, 0) is 25.0 Å². The Balaban J connectivity index is 1.20. The highest BCUT2D eigenvalue weighted by molar-refractivity contribution is 7.13. The number of rotatable bonds is 8. The molecule has 0 amide bonds. The van der Waals surface area contributed by atoms with Gasteiger partial charge in [-0.2, -0.15) is 0 Å². The number of anilines is 2. The van der Waals surface area contributed by atoms with E-state index in [1.165, 1.54) is 0 Å². The quantitative estimate of drug-likeness (QED) is 0.433. The first-order chi connectivity index (χ1) is 14.8. The van der Waals surface area contributed by atoms with Gasteiger partial charge in [0.05, 0.1) is 28.8 Å². The van der Waals surface area contributed by atoms with Crippen molar-refractivity contribution in [2.24, 2.45) is 0 Å². The average Bonchev–Trinajstić information content (AvgIpc) is 3.53. The molecule has 30 heavy (non-hydrogen) atoms. The monoisotopic (exact) mass is 439 g/mol. The Morgan fingerprint density at radius 2 is 2.03 bits per heavy atom. The van der Waals surface area contributed by atoms with E-state index in [9.17, 15) is 0 Å². The predicted molar refractivity (Wildman–Crippen MR) is 125 cm³/mol. The van der Waals surface area contributed by atoms with E-state index in [0.717, 1.165) is 73.4 Å². The second kappa shape index (κ2) is 9.11. The number of para-hydroxylation sites is 2. The average molecular weight is 440 g/mol. The van der Waals surface area contributed by atoms with E-state index in [0.29, 0.717) is 6.04 Å². The Bertz CT molecular complexity index is 1050. The number of nitrogens with one attached hydrogen (secondary N) is 2. The van der Waals surface area contributed by atoms with Crippen molar-refractivity contribution in [1.82, 2.24) is 24.4 Å². The number of hydrogen-bond donors (Lipinski definition) is 2. The first kappa shape index (κ1) is 19.5. The molecule has 1 aliphatic heterocycles. The molecule has 156 valence electrons. The van der Waals surface area contributed by atoms with E-state index >= 15 is 0 Å². The first-order valence-corrected chi connectivity index (χ1v) is 12.1. The molecule has 1 fully saturated rings. The molecule has 4 aromatic rings. The third kappa shape index (κ3) is 4.48. The zero-order valence-corrected chi connectivity index (χ0v) is 18.3. The lowest BCUT2D eigenvalue weighted by molar-refractivity contribution is 0.226. The van der Waals surface area contributed by atoms with Gasteiger partial charge in [0.25, 0.3) is 0 Å². The van der Waals surface area contributed by atoms with Crippen molar-refractivity contribution >= 4 is 44.8 Å². The van der Waals surface area contributed by atoms with Crippen LogP contribution in [0.1, 0.15) is 18.5 Å². The van der Waals surface area contributed by atoms with E-state index in [-0.39, 0.29) is 0 Å².